The maximum Gasteiger partial charge on any atom is 0.251 e. The summed E-state index contributed by atoms with van der Waals surface area (Å²) in [5, 5.41) is 8.22. The summed E-state index contributed by atoms with van der Waals surface area (Å²) in [6.07, 6.45) is 0. The Balaban J connectivity index is 1.41. The molecule has 2 heterocycles. The number of carbonyl (C=O) groups is 1. The Bertz CT molecular complexity index is 1180. The second-order valence-corrected chi connectivity index (χ2v) is 7.96. The highest BCUT2D eigenvalue weighted by molar-refractivity contribution is 6.01. The molecule has 1 N–H and O–H groups in total. The first kappa shape index (κ1) is 20.4. The van der Waals surface area contributed by atoms with E-state index in [1.807, 2.05) is 60.7 Å². The number of benzene rings is 3. The summed E-state index contributed by atoms with van der Waals surface area (Å²) in [7, 11) is 0. The van der Waals surface area contributed by atoms with Gasteiger partial charge in [-0.3, -0.25) is 9.69 Å². The fourth-order valence-electron chi connectivity index (χ4n) is 4.08. The molecular weight excluding hydrogens is 402 g/mol. The number of hydrogen-bond acceptors (Lipinski definition) is 5. The summed E-state index contributed by atoms with van der Waals surface area (Å²) >= 11 is 0. The molecule has 162 valence electrons. The standard InChI is InChI=1S/C26H25N3O3/c30-26(27-24(19-7-3-1-4-8-19)18-29-13-15-31-16-14-29)21-11-12-23-22(17-21)25(32-28-23)20-9-5-2-6-10-20/h1-12,17,24H,13-16,18H2,(H,27,30)/t24-/m0/s1. The zero-order valence-corrected chi connectivity index (χ0v) is 17.7. The molecule has 3 aromatic carbocycles. The minimum atomic E-state index is -0.117. The average Bonchev–Trinajstić information content (AvgIpc) is 3.29. The molecule has 0 unspecified atom stereocenters. The van der Waals surface area contributed by atoms with E-state index in [-0.39, 0.29) is 11.9 Å². The molecule has 0 spiro atoms. The number of fused-ring (bicyclic) bond motifs is 1. The van der Waals surface area contributed by atoms with Gasteiger partial charge in [0, 0.05) is 30.8 Å². The van der Waals surface area contributed by atoms with E-state index in [4.69, 9.17) is 9.26 Å². The van der Waals surface area contributed by atoms with E-state index in [1.54, 1.807) is 6.07 Å². The van der Waals surface area contributed by atoms with E-state index < -0.39 is 0 Å². The lowest BCUT2D eigenvalue weighted by Gasteiger charge is -2.31. The van der Waals surface area contributed by atoms with Crippen LogP contribution in [0.5, 0.6) is 0 Å². The highest BCUT2D eigenvalue weighted by Crippen LogP contribution is 2.29. The Morgan fingerprint density at radius 3 is 2.44 bits per heavy atom. The minimum Gasteiger partial charge on any atom is -0.379 e. The van der Waals surface area contributed by atoms with E-state index in [1.165, 1.54) is 0 Å². The van der Waals surface area contributed by atoms with Crippen LogP contribution in [-0.2, 0) is 4.74 Å². The van der Waals surface area contributed by atoms with Crippen molar-refractivity contribution in [1.29, 1.82) is 0 Å². The van der Waals surface area contributed by atoms with Crippen molar-refractivity contribution >= 4 is 16.8 Å². The van der Waals surface area contributed by atoms with E-state index in [9.17, 15) is 4.79 Å². The zero-order valence-electron chi connectivity index (χ0n) is 17.7. The number of hydrogen-bond donors (Lipinski definition) is 1. The third-order valence-corrected chi connectivity index (χ3v) is 5.83. The van der Waals surface area contributed by atoms with Crippen LogP contribution in [0.25, 0.3) is 22.2 Å². The topological polar surface area (TPSA) is 67.6 Å². The smallest absolute Gasteiger partial charge is 0.251 e. The first-order valence-electron chi connectivity index (χ1n) is 10.9. The van der Waals surface area contributed by atoms with Gasteiger partial charge in [0.25, 0.3) is 5.91 Å². The fourth-order valence-corrected chi connectivity index (χ4v) is 4.08. The largest absolute Gasteiger partial charge is 0.379 e. The second-order valence-electron chi connectivity index (χ2n) is 7.96. The predicted octanol–water partition coefficient (Wildman–Crippen LogP) is 4.30. The predicted molar refractivity (Wildman–Crippen MR) is 123 cm³/mol. The van der Waals surface area contributed by atoms with Gasteiger partial charge in [-0.25, -0.2) is 0 Å². The normalized spacial score (nSPS) is 15.5. The van der Waals surface area contributed by atoms with Crippen molar-refractivity contribution < 1.29 is 14.1 Å². The molecule has 6 heteroatoms. The van der Waals surface area contributed by atoms with Gasteiger partial charge < -0.3 is 14.6 Å². The van der Waals surface area contributed by atoms with Crippen molar-refractivity contribution in [3.05, 3.63) is 90.0 Å². The zero-order chi connectivity index (χ0) is 21.8. The summed E-state index contributed by atoms with van der Waals surface area (Å²) in [6, 6.07) is 25.3. The molecule has 0 aliphatic carbocycles. The van der Waals surface area contributed by atoms with Gasteiger partial charge in [0.2, 0.25) is 0 Å². The maximum absolute atomic E-state index is 13.3. The van der Waals surface area contributed by atoms with Crippen LogP contribution in [0.2, 0.25) is 0 Å². The van der Waals surface area contributed by atoms with Crippen LogP contribution < -0.4 is 5.32 Å². The van der Waals surface area contributed by atoms with Crippen molar-refractivity contribution in [1.82, 2.24) is 15.4 Å². The third kappa shape index (κ3) is 4.42. The molecule has 5 rings (SSSR count). The molecule has 0 saturated carbocycles. The summed E-state index contributed by atoms with van der Waals surface area (Å²) in [5.74, 6) is 0.553. The molecule has 4 aromatic rings. The van der Waals surface area contributed by atoms with Crippen LogP contribution in [0, 0.1) is 0 Å². The van der Waals surface area contributed by atoms with Crippen LogP contribution in [0.15, 0.2) is 83.4 Å². The van der Waals surface area contributed by atoms with Crippen molar-refractivity contribution in [3.63, 3.8) is 0 Å². The SMILES string of the molecule is O=C(N[C@@H](CN1CCOCC1)c1ccccc1)c1ccc2noc(-c3ccccc3)c2c1. The van der Waals surface area contributed by atoms with Gasteiger partial charge in [0.05, 0.1) is 24.6 Å². The summed E-state index contributed by atoms with van der Waals surface area (Å²) < 4.78 is 11.1. The maximum atomic E-state index is 13.3. The highest BCUT2D eigenvalue weighted by Gasteiger charge is 2.21. The third-order valence-electron chi connectivity index (χ3n) is 5.83. The number of carbonyl (C=O) groups excluding carboxylic acids is 1. The Morgan fingerprint density at radius 1 is 0.969 bits per heavy atom. The lowest BCUT2D eigenvalue weighted by molar-refractivity contribution is 0.0332. The molecule has 0 radical (unpaired) electrons. The molecule has 1 aliphatic rings. The molecule has 0 bridgehead atoms. The monoisotopic (exact) mass is 427 g/mol. The number of morpholine rings is 1. The van der Waals surface area contributed by atoms with Gasteiger partial charge >= 0.3 is 0 Å². The Kier molecular flexibility index (Phi) is 5.96. The van der Waals surface area contributed by atoms with E-state index in [2.05, 4.69) is 27.5 Å². The number of amides is 1. The molecule has 1 saturated heterocycles. The van der Waals surface area contributed by atoms with Crippen molar-refractivity contribution in [2.45, 2.75) is 6.04 Å². The molecule has 32 heavy (non-hydrogen) atoms. The van der Waals surface area contributed by atoms with Gasteiger partial charge in [-0.05, 0) is 23.8 Å². The fraction of sp³-hybridized carbons (Fsp3) is 0.231. The van der Waals surface area contributed by atoms with Gasteiger partial charge in [0.1, 0.15) is 5.52 Å². The van der Waals surface area contributed by atoms with Crippen LogP contribution >= 0.6 is 0 Å². The lowest BCUT2D eigenvalue weighted by atomic mass is 10.0. The van der Waals surface area contributed by atoms with E-state index >= 15 is 0 Å². The van der Waals surface area contributed by atoms with Crippen LogP contribution in [0.1, 0.15) is 22.0 Å². The number of nitrogens with one attached hydrogen (secondary N) is 1. The Morgan fingerprint density at radius 2 is 1.69 bits per heavy atom. The van der Waals surface area contributed by atoms with Gasteiger partial charge in [-0.1, -0.05) is 65.8 Å². The highest BCUT2D eigenvalue weighted by atomic mass is 16.5. The van der Waals surface area contributed by atoms with E-state index in [0.29, 0.717) is 11.3 Å². The number of aromatic nitrogens is 1. The van der Waals surface area contributed by atoms with E-state index in [0.717, 1.165) is 54.9 Å². The van der Waals surface area contributed by atoms with Crippen molar-refractivity contribution in [2.24, 2.45) is 0 Å². The quantitative estimate of drug-likeness (QED) is 0.497. The molecular formula is C26H25N3O3. The minimum absolute atomic E-state index is 0.116. The lowest BCUT2D eigenvalue weighted by Crippen LogP contribution is -2.43. The van der Waals surface area contributed by atoms with Crippen LogP contribution in [-0.4, -0.2) is 48.8 Å². The molecule has 6 nitrogen and oxygen atoms in total. The molecule has 1 aromatic heterocycles. The number of rotatable bonds is 6. The molecule has 1 fully saturated rings. The van der Waals surface area contributed by atoms with Crippen LogP contribution in [0.4, 0.5) is 0 Å². The first-order chi connectivity index (χ1) is 15.8. The average molecular weight is 428 g/mol. The Labute approximate surface area is 186 Å². The van der Waals surface area contributed by atoms with Crippen LogP contribution in [0.3, 0.4) is 0 Å². The molecule has 1 atom stereocenters. The summed E-state index contributed by atoms with van der Waals surface area (Å²) in [5.41, 5.74) is 3.33. The van der Waals surface area contributed by atoms with Gasteiger partial charge in [-0.2, -0.15) is 0 Å². The second kappa shape index (κ2) is 9.34. The number of nitrogens with zero attached hydrogens (tertiary/aromatic N) is 2. The first-order valence-corrected chi connectivity index (χ1v) is 10.9. The van der Waals surface area contributed by atoms with Gasteiger partial charge in [-0.15, -0.1) is 0 Å². The molecule has 1 amide bonds. The van der Waals surface area contributed by atoms with Crippen molar-refractivity contribution in [2.75, 3.05) is 32.8 Å². The van der Waals surface area contributed by atoms with Crippen molar-refractivity contribution in [3.8, 4) is 11.3 Å². The van der Waals surface area contributed by atoms with Gasteiger partial charge in [0.15, 0.2) is 5.76 Å². The summed E-state index contributed by atoms with van der Waals surface area (Å²) in [6.45, 7) is 3.92. The number of ether oxygens (including phenoxy) is 1. The summed E-state index contributed by atoms with van der Waals surface area (Å²) in [4.78, 5) is 15.6. The molecule has 1 aliphatic heterocycles. The Hall–Kier alpha value is -3.48.